The van der Waals surface area contributed by atoms with Crippen molar-refractivity contribution in [2.45, 2.75) is 19.3 Å². The van der Waals surface area contributed by atoms with Crippen molar-refractivity contribution < 1.29 is 0 Å². The largest absolute Gasteiger partial charge is 0.0991 e. The van der Waals surface area contributed by atoms with E-state index in [4.69, 9.17) is 11.6 Å². The van der Waals surface area contributed by atoms with Gasteiger partial charge < -0.3 is 0 Å². The Hall–Kier alpha value is -0.0200. The summed E-state index contributed by atoms with van der Waals surface area (Å²) in [6.45, 7) is 3.68. The van der Waals surface area contributed by atoms with Gasteiger partial charge in [-0.15, -0.1) is 0 Å². The summed E-state index contributed by atoms with van der Waals surface area (Å²) >= 11 is 8.43. The molecule has 0 aromatic rings. The molecule has 0 N–H and O–H groups in total. The quantitative estimate of drug-likeness (QED) is 0.647. The summed E-state index contributed by atoms with van der Waals surface area (Å²) in [5, 5.41) is 0.916. The van der Waals surface area contributed by atoms with Gasteiger partial charge in [-0.05, 0) is 34.5 Å². The molecule has 0 amide bonds. The van der Waals surface area contributed by atoms with Crippen molar-refractivity contribution in [1.29, 1.82) is 0 Å². The van der Waals surface area contributed by atoms with Crippen LogP contribution in [0.25, 0.3) is 0 Å². The molecule has 0 saturated heterocycles. The lowest BCUT2D eigenvalue weighted by Crippen LogP contribution is -1.97. The second-order valence-electron chi connectivity index (χ2n) is 2.91. The Bertz CT molecular complexity index is 284. The molecule has 0 aromatic carbocycles. The molecule has 1 rings (SSSR count). The minimum atomic E-state index is 0.916. The van der Waals surface area contributed by atoms with E-state index in [1.165, 1.54) is 17.6 Å². The molecule has 0 aromatic heterocycles. The van der Waals surface area contributed by atoms with E-state index in [2.05, 4.69) is 35.2 Å². The molecular formula is C11H12ClI. The molecule has 0 atom stereocenters. The number of halogens is 2. The van der Waals surface area contributed by atoms with Gasteiger partial charge in [0.05, 0.1) is 0 Å². The first kappa shape index (κ1) is 11.1. The van der Waals surface area contributed by atoms with Crippen LogP contribution in [0.1, 0.15) is 19.3 Å². The highest BCUT2D eigenvalue weighted by molar-refractivity contribution is 14.1. The monoisotopic (exact) mass is 306 g/mol. The zero-order chi connectivity index (χ0) is 9.68. The number of hydrogen-bond donors (Lipinski definition) is 0. The van der Waals surface area contributed by atoms with Crippen LogP contribution in [-0.4, -0.2) is 0 Å². The van der Waals surface area contributed by atoms with Crippen molar-refractivity contribution >= 4 is 34.2 Å². The molecule has 0 spiro atoms. The van der Waals surface area contributed by atoms with Gasteiger partial charge in [-0.3, -0.25) is 0 Å². The van der Waals surface area contributed by atoms with E-state index in [0.29, 0.717) is 0 Å². The Morgan fingerprint density at radius 1 is 1.38 bits per heavy atom. The van der Waals surface area contributed by atoms with Crippen LogP contribution in [0.2, 0.25) is 0 Å². The fraction of sp³-hybridized carbons (Fsp3) is 0.273. The molecule has 1 aliphatic carbocycles. The average Bonchev–Trinajstić information content (AvgIpc) is 2.13. The zero-order valence-corrected chi connectivity index (χ0v) is 10.3. The molecule has 0 heterocycles. The second-order valence-corrected chi connectivity index (χ2v) is 4.01. The fourth-order valence-corrected chi connectivity index (χ4v) is 2.18. The molecule has 13 heavy (non-hydrogen) atoms. The molecule has 0 saturated carbocycles. The summed E-state index contributed by atoms with van der Waals surface area (Å²) in [5.74, 6) is 0. The summed E-state index contributed by atoms with van der Waals surface area (Å²) in [4.78, 5) is 0. The second kappa shape index (κ2) is 5.66. The van der Waals surface area contributed by atoms with Gasteiger partial charge in [0, 0.05) is 5.03 Å². The van der Waals surface area contributed by atoms with Crippen LogP contribution >= 0.6 is 34.2 Å². The van der Waals surface area contributed by atoms with Gasteiger partial charge in [0.15, 0.2) is 0 Å². The van der Waals surface area contributed by atoms with E-state index < -0.39 is 0 Å². The predicted molar refractivity (Wildman–Crippen MR) is 68.2 cm³/mol. The average molecular weight is 307 g/mol. The standard InChI is InChI=1S/C11H12ClI/c1-2-4-9-5-3-6-10(7-8-13)11(9)12/h2,4,7-8H,1,3,5-6H2/b8-7+,9-4+. The van der Waals surface area contributed by atoms with Crippen molar-refractivity contribution in [1.82, 2.24) is 0 Å². The van der Waals surface area contributed by atoms with Crippen LogP contribution in [0.3, 0.4) is 0 Å². The summed E-state index contributed by atoms with van der Waals surface area (Å²) < 4.78 is 2.01. The molecule has 0 bridgehead atoms. The highest BCUT2D eigenvalue weighted by Crippen LogP contribution is 2.33. The topological polar surface area (TPSA) is 0 Å². The summed E-state index contributed by atoms with van der Waals surface area (Å²) in [7, 11) is 0. The van der Waals surface area contributed by atoms with E-state index in [1.807, 2.05) is 10.2 Å². The number of allylic oxidation sites excluding steroid dienone is 6. The van der Waals surface area contributed by atoms with Crippen molar-refractivity contribution in [3.63, 3.8) is 0 Å². The highest BCUT2D eigenvalue weighted by Gasteiger charge is 2.12. The molecule has 2 heteroatoms. The minimum absolute atomic E-state index is 0.916. The van der Waals surface area contributed by atoms with Gasteiger partial charge in [0.25, 0.3) is 0 Å². The SMILES string of the molecule is C=C/C=C1\CCCC(/C=C/I)=C1Cl. The lowest BCUT2D eigenvalue weighted by Gasteiger charge is -2.16. The van der Waals surface area contributed by atoms with Crippen molar-refractivity contribution in [3.05, 3.63) is 45.1 Å². The maximum absolute atomic E-state index is 6.22. The minimum Gasteiger partial charge on any atom is -0.0991 e. The van der Waals surface area contributed by atoms with Gasteiger partial charge in [-0.25, -0.2) is 0 Å². The molecule has 0 aliphatic heterocycles. The molecule has 1 aliphatic rings. The lowest BCUT2D eigenvalue weighted by molar-refractivity contribution is 0.792. The molecular weight excluding hydrogens is 294 g/mol. The third-order valence-corrected chi connectivity index (χ3v) is 2.88. The first-order chi connectivity index (χ1) is 6.29. The molecule has 0 fully saturated rings. The van der Waals surface area contributed by atoms with Crippen LogP contribution in [0.5, 0.6) is 0 Å². The summed E-state index contributed by atoms with van der Waals surface area (Å²) in [5.41, 5.74) is 2.46. The summed E-state index contributed by atoms with van der Waals surface area (Å²) in [6, 6.07) is 0. The van der Waals surface area contributed by atoms with Gasteiger partial charge >= 0.3 is 0 Å². The first-order valence-electron chi connectivity index (χ1n) is 4.27. The van der Waals surface area contributed by atoms with Gasteiger partial charge in [0.2, 0.25) is 0 Å². The van der Waals surface area contributed by atoms with Crippen LogP contribution in [-0.2, 0) is 0 Å². The van der Waals surface area contributed by atoms with Crippen molar-refractivity contribution in [2.24, 2.45) is 0 Å². The lowest BCUT2D eigenvalue weighted by atomic mass is 9.95. The van der Waals surface area contributed by atoms with E-state index in [-0.39, 0.29) is 0 Å². The van der Waals surface area contributed by atoms with E-state index in [0.717, 1.165) is 17.9 Å². The molecule has 0 radical (unpaired) electrons. The van der Waals surface area contributed by atoms with E-state index in [9.17, 15) is 0 Å². The first-order valence-corrected chi connectivity index (χ1v) is 5.89. The van der Waals surface area contributed by atoms with Crippen molar-refractivity contribution in [3.8, 4) is 0 Å². The normalized spacial score (nSPS) is 21.5. The highest BCUT2D eigenvalue weighted by atomic mass is 127. The Morgan fingerprint density at radius 3 is 2.77 bits per heavy atom. The van der Waals surface area contributed by atoms with E-state index in [1.54, 1.807) is 6.08 Å². The van der Waals surface area contributed by atoms with Crippen LogP contribution in [0.4, 0.5) is 0 Å². The fourth-order valence-electron chi connectivity index (χ4n) is 1.43. The third-order valence-electron chi connectivity index (χ3n) is 2.04. The van der Waals surface area contributed by atoms with Gasteiger partial charge in [-0.2, -0.15) is 0 Å². The van der Waals surface area contributed by atoms with Gasteiger partial charge in [0.1, 0.15) is 0 Å². The maximum Gasteiger partial charge on any atom is 0.0470 e. The Morgan fingerprint density at radius 2 is 2.15 bits per heavy atom. The Kier molecular flexibility index (Phi) is 4.81. The predicted octanol–water partition coefficient (Wildman–Crippen LogP) is 4.72. The Labute approximate surface area is 98.2 Å². The molecule has 0 nitrogen and oxygen atoms in total. The van der Waals surface area contributed by atoms with Gasteiger partial charge in [-0.1, -0.05) is 59.0 Å². The van der Waals surface area contributed by atoms with E-state index >= 15 is 0 Å². The Balaban J connectivity index is 2.98. The van der Waals surface area contributed by atoms with Crippen molar-refractivity contribution in [2.75, 3.05) is 0 Å². The summed E-state index contributed by atoms with van der Waals surface area (Å²) in [6.07, 6.45) is 9.23. The van der Waals surface area contributed by atoms with Crippen LogP contribution < -0.4 is 0 Å². The maximum atomic E-state index is 6.22. The molecule has 70 valence electrons. The smallest absolute Gasteiger partial charge is 0.0470 e. The number of hydrogen-bond acceptors (Lipinski definition) is 0. The zero-order valence-electron chi connectivity index (χ0n) is 7.39. The van der Waals surface area contributed by atoms with Crippen LogP contribution in [0.15, 0.2) is 45.1 Å². The number of rotatable bonds is 2. The van der Waals surface area contributed by atoms with Crippen LogP contribution in [0, 0.1) is 0 Å². The third kappa shape index (κ3) is 2.99. The molecule has 0 unspecified atom stereocenters.